The maximum Gasteiger partial charge on any atom is 0.307 e. The van der Waals surface area contributed by atoms with Crippen LogP contribution in [0.15, 0.2) is 18.3 Å². The van der Waals surface area contributed by atoms with E-state index in [0.29, 0.717) is 0 Å². The third kappa shape index (κ3) is 2.73. The van der Waals surface area contributed by atoms with E-state index in [1.807, 2.05) is 0 Å². The number of hydrogen-bond donors (Lipinski definition) is 1. The highest BCUT2D eigenvalue weighted by Gasteiger charge is 2.28. The zero-order chi connectivity index (χ0) is 11.5. The van der Waals surface area contributed by atoms with E-state index in [9.17, 15) is 9.18 Å². The average Bonchev–Trinajstić information content (AvgIpc) is 2.17. The number of carbonyl (C=O) groups excluding carboxylic acids is 1. The van der Waals surface area contributed by atoms with Crippen LogP contribution in [0.25, 0.3) is 0 Å². The van der Waals surface area contributed by atoms with Gasteiger partial charge in [0.15, 0.2) is 0 Å². The van der Waals surface area contributed by atoms with Crippen molar-refractivity contribution in [3.8, 4) is 0 Å². The summed E-state index contributed by atoms with van der Waals surface area (Å²) in [4.78, 5) is 14.5. The molecule has 2 N–H and O–H groups in total. The van der Waals surface area contributed by atoms with Gasteiger partial charge in [0, 0.05) is 11.8 Å². The molecule has 15 heavy (non-hydrogen) atoms. The van der Waals surface area contributed by atoms with Gasteiger partial charge in [-0.05, 0) is 13.0 Å². The van der Waals surface area contributed by atoms with Gasteiger partial charge in [-0.3, -0.25) is 4.79 Å². The zero-order valence-corrected chi connectivity index (χ0v) is 8.66. The van der Waals surface area contributed by atoms with E-state index in [2.05, 4.69) is 9.72 Å². The maximum absolute atomic E-state index is 13.3. The second-order valence-electron chi connectivity index (χ2n) is 3.51. The second-order valence-corrected chi connectivity index (χ2v) is 3.51. The topological polar surface area (TPSA) is 65.2 Å². The van der Waals surface area contributed by atoms with Gasteiger partial charge in [0.1, 0.15) is 0 Å². The Morgan fingerprint density at radius 1 is 1.73 bits per heavy atom. The number of carbonyl (C=O) groups is 1. The van der Waals surface area contributed by atoms with Crippen LogP contribution in [0.3, 0.4) is 0 Å². The highest BCUT2D eigenvalue weighted by Crippen LogP contribution is 2.23. The largest absolute Gasteiger partial charge is 0.469 e. The van der Waals surface area contributed by atoms with Gasteiger partial charge in [-0.2, -0.15) is 4.39 Å². The van der Waals surface area contributed by atoms with Crippen LogP contribution in [0.5, 0.6) is 0 Å². The minimum Gasteiger partial charge on any atom is -0.469 e. The first-order valence-electron chi connectivity index (χ1n) is 4.44. The van der Waals surface area contributed by atoms with Crippen LogP contribution in [-0.4, -0.2) is 18.1 Å². The summed E-state index contributed by atoms with van der Waals surface area (Å²) in [5.41, 5.74) is 4.93. The summed E-state index contributed by atoms with van der Waals surface area (Å²) in [7, 11) is 1.26. The number of pyridine rings is 1. The number of ether oxygens (including phenoxy) is 1. The first kappa shape index (κ1) is 11.6. The van der Waals surface area contributed by atoms with Gasteiger partial charge in [0.05, 0.1) is 19.1 Å². The molecule has 82 valence electrons. The van der Waals surface area contributed by atoms with Crippen LogP contribution in [0.4, 0.5) is 4.39 Å². The van der Waals surface area contributed by atoms with Crippen molar-refractivity contribution in [1.29, 1.82) is 0 Å². The molecule has 0 fully saturated rings. The standard InChI is InChI=1S/C10H13FN2O2/c1-10(12,6-8(14)15-2)7-4-3-5-13-9(7)11/h3-5H,6,12H2,1-2H3/t10-/m1/s1. The smallest absolute Gasteiger partial charge is 0.307 e. The van der Waals surface area contributed by atoms with Crippen molar-refractivity contribution in [3.63, 3.8) is 0 Å². The Labute approximate surface area is 87.3 Å². The van der Waals surface area contributed by atoms with Crippen molar-refractivity contribution < 1.29 is 13.9 Å². The SMILES string of the molecule is COC(=O)C[C@@](C)(N)c1cccnc1F. The monoisotopic (exact) mass is 212 g/mol. The minimum atomic E-state index is -1.11. The van der Waals surface area contributed by atoms with Gasteiger partial charge in [0.2, 0.25) is 5.95 Å². The third-order valence-corrected chi connectivity index (χ3v) is 2.11. The molecule has 0 saturated heterocycles. The molecule has 1 aromatic heterocycles. The number of methoxy groups -OCH3 is 1. The van der Waals surface area contributed by atoms with Crippen LogP contribution in [0, 0.1) is 5.95 Å². The minimum absolute atomic E-state index is 0.0912. The van der Waals surface area contributed by atoms with Crippen molar-refractivity contribution in [2.45, 2.75) is 18.9 Å². The van der Waals surface area contributed by atoms with E-state index in [1.165, 1.54) is 19.4 Å². The molecular formula is C10H13FN2O2. The van der Waals surface area contributed by atoms with Crippen LogP contribution >= 0.6 is 0 Å². The van der Waals surface area contributed by atoms with Crippen molar-refractivity contribution in [3.05, 3.63) is 29.8 Å². The molecule has 0 aliphatic heterocycles. The summed E-state index contributed by atoms with van der Waals surface area (Å²) in [6, 6.07) is 3.08. The molecule has 0 spiro atoms. The molecule has 0 aliphatic rings. The third-order valence-electron chi connectivity index (χ3n) is 2.11. The lowest BCUT2D eigenvalue weighted by Crippen LogP contribution is -2.37. The number of nitrogens with two attached hydrogens (primary N) is 1. The van der Waals surface area contributed by atoms with Crippen molar-refractivity contribution >= 4 is 5.97 Å². The van der Waals surface area contributed by atoms with Gasteiger partial charge in [0.25, 0.3) is 0 Å². The lowest BCUT2D eigenvalue weighted by atomic mass is 9.91. The molecule has 0 radical (unpaired) electrons. The van der Waals surface area contributed by atoms with Crippen LogP contribution in [-0.2, 0) is 15.1 Å². The van der Waals surface area contributed by atoms with E-state index in [0.717, 1.165) is 0 Å². The number of hydrogen-bond acceptors (Lipinski definition) is 4. The quantitative estimate of drug-likeness (QED) is 0.598. The Morgan fingerprint density at radius 2 is 2.40 bits per heavy atom. The molecule has 0 saturated carbocycles. The summed E-state index contributed by atoms with van der Waals surface area (Å²) >= 11 is 0. The molecular weight excluding hydrogens is 199 g/mol. The van der Waals surface area contributed by atoms with E-state index >= 15 is 0 Å². The fraction of sp³-hybridized carbons (Fsp3) is 0.400. The summed E-state index contributed by atoms with van der Waals surface area (Å²) < 4.78 is 17.8. The molecule has 0 aromatic carbocycles. The molecule has 0 unspecified atom stereocenters. The van der Waals surface area contributed by atoms with Gasteiger partial charge < -0.3 is 10.5 Å². The van der Waals surface area contributed by atoms with E-state index in [1.54, 1.807) is 13.0 Å². The van der Waals surface area contributed by atoms with Crippen LogP contribution in [0.2, 0.25) is 0 Å². The molecule has 0 amide bonds. The number of rotatable bonds is 3. The predicted molar refractivity (Wildman–Crippen MR) is 52.4 cm³/mol. The lowest BCUT2D eigenvalue weighted by molar-refractivity contribution is -0.142. The summed E-state index contributed by atoms with van der Waals surface area (Å²) in [6.45, 7) is 1.56. The van der Waals surface area contributed by atoms with Crippen molar-refractivity contribution in [2.75, 3.05) is 7.11 Å². The average molecular weight is 212 g/mol. The highest BCUT2D eigenvalue weighted by molar-refractivity contribution is 5.71. The van der Waals surface area contributed by atoms with Crippen LogP contribution in [0.1, 0.15) is 18.9 Å². The molecule has 4 nitrogen and oxygen atoms in total. The zero-order valence-electron chi connectivity index (χ0n) is 8.66. The van der Waals surface area contributed by atoms with Crippen LogP contribution < -0.4 is 5.73 Å². The number of esters is 1. The first-order chi connectivity index (χ1) is 6.97. The summed E-state index contributed by atoms with van der Waals surface area (Å²) in [6.07, 6.45) is 1.24. The fourth-order valence-corrected chi connectivity index (χ4v) is 1.28. The summed E-state index contributed by atoms with van der Waals surface area (Å²) in [5.74, 6) is -1.14. The number of aromatic nitrogens is 1. The van der Waals surface area contributed by atoms with Gasteiger partial charge >= 0.3 is 5.97 Å². The van der Waals surface area contributed by atoms with Gasteiger partial charge in [-0.1, -0.05) is 6.07 Å². The summed E-state index contributed by atoms with van der Waals surface area (Å²) in [5, 5.41) is 0. The molecule has 1 heterocycles. The van der Waals surface area contributed by atoms with Crippen molar-refractivity contribution in [2.24, 2.45) is 5.73 Å². The molecule has 1 rings (SSSR count). The molecule has 1 atom stereocenters. The number of halogens is 1. The molecule has 1 aromatic rings. The number of nitrogens with zero attached hydrogens (tertiary/aromatic N) is 1. The fourth-order valence-electron chi connectivity index (χ4n) is 1.28. The van der Waals surface area contributed by atoms with Crippen molar-refractivity contribution in [1.82, 2.24) is 4.98 Å². The molecule has 0 aliphatic carbocycles. The second kappa shape index (κ2) is 4.35. The van der Waals surface area contributed by atoms with E-state index in [4.69, 9.17) is 5.73 Å². The normalized spacial score (nSPS) is 14.4. The predicted octanol–water partition coefficient (Wildman–Crippen LogP) is 0.958. The Kier molecular flexibility index (Phi) is 3.36. The van der Waals surface area contributed by atoms with Gasteiger partial charge in [-0.15, -0.1) is 0 Å². The van der Waals surface area contributed by atoms with Gasteiger partial charge in [-0.25, -0.2) is 4.98 Å². The first-order valence-corrected chi connectivity index (χ1v) is 4.44. The van der Waals surface area contributed by atoms with E-state index < -0.39 is 17.5 Å². The van der Waals surface area contributed by atoms with E-state index in [-0.39, 0.29) is 12.0 Å². The molecule has 0 bridgehead atoms. The highest BCUT2D eigenvalue weighted by atomic mass is 19.1. The molecule has 5 heteroatoms. The lowest BCUT2D eigenvalue weighted by Gasteiger charge is -2.23. The maximum atomic E-state index is 13.3. The Morgan fingerprint density at radius 3 is 2.93 bits per heavy atom. The Bertz CT molecular complexity index is 366. The Hall–Kier alpha value is -1.49. The Balaban J connectivity index is 2.95.